The minimum atomic E-state index is -1.16. The van der Waals surface area contributed by atoms with Gasteiger partial charge in [-0.15, -0.1) is 0 Å². The number of carboxylic acid groups (broad SMARTS) is 1. The molecule has 0 aliphatic rings. The van der Waals surface area contributed by atoms with Crippen LogP contribution < -0.4 is 15.3 Å². The van der Waals surface area contributed by atoms with E-state index in [4.69, 9.17) is 16.3 Å². The molecule has 0 aliphatic heterocycles. The van der Waals surface area contributed by atoms with Crippen LogP contribution in [0.5, 0.6) is 5.75 Å². The number of carbonyl (C=O) groups excluding carboxylic acids is 1. The molecule has 0 saturated carbocycles. The van der Waals surface area contributed by atoms with E-state index in [9.17, 15) is 9.90 Å². The average molecular weight is 332 g/mol. The normalized spacial score (nSPS) is 11.2. The second-order valence-electron chi connectivity index (χ2n) is 4.89. The van der Waals surface area contributed by atoms with Crippen molar-refractivity contribution < 1.29 is 14.6 Å². The van der Waals surface area contributed by atoms with Crippen LogP contribution in [-0.4, -0.2) is 18.8 Å². The van der Waals surface area contributed by atoms with Crippen LogP contribution in [0.1, 0.15) is 18.1 Å². The molecule has 120 valence electrons. The van der Waals surface area contributed by atoms with Crippen molar-refractivity contribution in [1.82, 2.24) is 0 Å². The number of nitrogens with one attached hydrogen (secondary N) is 1. The summed E-state index contributed by atoms with van der Waals surface area (Å²) in [7, 11) is 1.50. The Morgan fingerprint density at radius 2 is 2.09 bits per heavy atom. The van der Waals surface area contributed by atoms with Crippen LogP contribution in [-0.2, 0) is 11.2 Å². The number of anilines is 1. The molecule has 0 radical (unpaired) electrons. The minimum absolute atomic E-state index is 0.216. The lowest BCUT2D eigenvalue weighted by Gasteiger charge is -2.11. The number of methoxy groups -OCH3 is 1. The predicted molar refractivity (Wildman–Crippen MR) is 89.0 cm³/mol. The van der Waals surface area contributed by atoms with Gasteiger partial charge in [0.05, 0.1) is 18.5 Å². The maximum Gasteiger partial charge on any atom is 0.122 e. The lowest BCUT2D eigenvalue weighted by molar-refractivity contribution is -0.304. The molecule has 0 atom stereocenters. The highest BCUT2D eigenvalue weighted by molar-refractivity contribution is 6.30. The predicted octanol–water partition coefficient (Wildman–Crippen LogP) is 2.48. The van der Waals surface area contributed by atoms with E-state index in [2.05, 4.69) is 10.5 Å². The molecule has 0 heterocycles. The van der Waals surface area contributed by atoms with E-state index >= 15 is 0 Å². The maximum absolute atomic E-state index is 10.8. The summed E-state index contributed by atoms with van der Waals surface area (Å²) in [6.07, 6.45) is -0.216. The molecule has 2 rings (SSSR count). The van der Waals surface area contributed by atoms with Crippen LogP contribution in [0.25, 0.3) is 0 Å². The Balaban J connectivity index is 2.22. The minimum Gasteiger partial charge on any atom is -0.550 e. The highest BCUT2D eigenvalue weighted by Gasteiger charge is 2.07. The van der Waals surface area contributed by atoms with Gasteiger partial charge in [-0.2, -0.15) is 5.10 Å². The summed E-state index contributed by atoms with van der Waals surface area (Å²) in [6.45, 7) is 1.82. The first-order chi connectivity index (χ1) is 11.0. The smallest absolute Gasteiger partial charge is 0.122 e. The van der Waals surface area contributed by atoms with E-state index in [0.29, 0.717) is 22.0 Å². The van der Waals surface area contributed by atoms with E-state index in [1.165, 1.54) is 7.11 Å². The number of aliphatic carboxylic acids is 1. The molecule has 0 aromatic heterocycles. The summed E-state index contributed by atoms with van der Waals surface area (Å²) >= 11 is 5.92. The van der Waals surface area contributed by atoms with Crippen molar-refractivity contribution in [3.05, 3.63) is 58.6 Å². The summed E-state index contributed by atoms with van der Waals surface area (Å²) < 4.78 is 5.16. The third-order valence-corrected chi connectivity index (χ3v) is 3.45. The van der Waals surface area contributed by atoms with Gasteiger partial charge in [0.25, 0.3) is 0 Å². The summed E-state index contributed by atoms with van der Waals surface area (Å²) in [6, 6.07) is 12.5. The van der Waals surface area contributed by atoms with Gasteiger partial charge in [0.2, 0.25) is 0 Å². The number of hydrogen-bond donors (Lipinski definition) is 1. The number of carboxylic acids is 1. The lowest BCUT2D eigenvalue weighted by atomic mass is 10.0. The van der Waals surface area contributed by atoms with Gasteiger partial charge in [-0.1, -0.05) is 17.7 Å². The second kappa shape index (κ2) is 7.65. The number of hydrazone groups is 1. The van der Waals surface area contributed by atoms with Gasteiger partial charge in [-0.3, -0.25) is 5.43 Å². The van der Waals surface area contributed by atoms with Gasteiger partial charge in [0.1, 0.15) is 5.75 Å². The highest BCUT2D eigenvalue weighted by atomic mass is 35.5. The van der Waals surface area contributed by atoms with Gasteiger partial charge in [0, 0.05) is 23.0 Å². The summed E-state index contributed by atoms with van der Waals surface area (Å²) in [5.41, 5.74) is 5.71. The van der Waals surface area contributed by atoms with Crippen molar-refractivity contribution in [1.29, 1.82) is 0 Å². The molecule has 0 saturated heterocycles. The fourth-order valence-electron chi connectivity index (χ4n) is 2.07. The monoisotopic (exact) mass is 331 g/mol. The fourth-order valence-corrected chi connectivity index (χ4v) is 2.26. The zero-order chi connectivity index (χ0) is 16.8. The highest BCUT2D eigenvalue weighted by Crippen LogP contribution is 2.21. The SMILES string of the molecule is COc1ccc(/C(C)=N\Nc2cccc(Cl)c2)cc1CC(=O)[O-]. The first-order valence-electron chi connectivity index (χ1n) is 6.92. The Morgan fingerprint density at radius 1 is 1.30 bits per heavy atom. The molecule has 1 N–H and O–H groups in total. The summed E-state index contributed by atoms with van der Waals surface area (Å²) in [4.78, 5) is 10.8. The Labute approximate surface area is 139 Å². The van der Waals surface area contributed by atoms with Crippen LogP contribution >= 0.6 is 11.6 Å². The number of halogens is 1. The van der Waals surface area contributed by atoms with Gasteiger partial charge in [-0.25, -0.2) is 0 Å². The van der Waals surface area contributed by atoms with E-state index in [1.54, 1.807) is 24.3 Å². The molecule has 2 aromatic rings. The van der Waals surface area contributed by atoms with E-state index in [1.807, 2.05) is 25.1 Å². The van der Waals surface area contributed by atoms with E-state index in [0.717, 1.165) is 11.3 Å². The zero-order valence-corrected chi connectivity index (χ0v) is 13.6. The van der Waals surface area contributed by atoms with Gasteiger partial charge >= 0.3 is 0 Å². The van der Waals surface area contributed by atoms with Crippen LogP contribution in [0, 0.1) is 0 Å². The molecule has 2 aromatic carbocycles. The van der Waals surface area contributed by atoms with Crippen LogP contribution in [0.4, 0.5) is 5.69 Å². The zero-order valence-electron chi connectivity index (χ0n) is 12.8. The third-order valence-electron chi connectivity index (χ3n) is 3.21. The van der Waals surface area contributed by atoms with E-state index in [-0.39, 0.29) is 6.42 Å². The van der Waals surface area contributed by atoms with Crippen molar-refractivity contribution in [3.8, 4) is 5.75 Å². The van der Waals surface area contributed by atoms with Crippen molar-refractivity contribution in [2.75, 3.05) is 12.5 Å². The number of ether oxygens (including phenoxy) is 1. The van der Waals surface area contributed by atoms with Crippen LogP contribution in [0.2, 0.25) is 5.02 Å². The molecule has 5 nitrogen and oxygen atoms in total. The standard InChI is InChI=1S/C17H17ClN2O3/c1-11(19-20-15-5-3-4-14(18)10-15)12-6-7-16(23-2)13(8-12)9-17(21)22/h3-8,10,20H,9H2,1-2H3,(H,21,22)/p-1/b19-11-. The Bertz CT molecular complexity index is 744. The van der Waals surface area contributed by atoms with Crippen LogP contribution in [0.3, 0.4) is 0 Å². The largest absolute Gasteiger partial charge is 0.550 e. The molecular weight excluding hydrogens is 316 g/mol. The number of hydrogen-bond acceptors (Lipinski definition) is 5. The third kappa shape index (κ3) is 4.72. The van der Waals surface area contributed by atoms with Crippen molar-refractivity contribution in [3.63, 3.8) is 0 Å². The summed E-state index contributed by atoms with van der Waals surface area (Å²) in [5.74, 6) is -0.652. The first kappa shape index (κ1) is 16.8. The maximum atomic E-state index is 10.8. The van der Waals surface area contributed by atoms with Crippen molar-refractivity contribution >= 4 is 29.0 Å². The number of nitrogens with zero attached hydrogens (tertiary/aromatic N) is 1. The molecule has 0 aliphatic carbocycles. The number of rotatable bonds is 6. The Morgan fingerprint density at radius 3 is 2.74 bits per heavy atom. The quantitative estimate of drug-likeness (QED) is 0.652. The number of benzene rings is 2. The van der Waals surface area contributed by atoms with Gasteiger partial charge in [0.15, 0.2) is 0 Å². The molecular formula is C17H16ClN2O3-. The summed E-state index contributed by atoms with van der Waals surface area (Å²) in [5, 5.41) is 15.7. The van der Waals surface area contributed by atoms with E-state index < -0.39 is 5.97 Å². The molecule has 0 unspecified atom stereocenters. The first-order valence-corrected chi connectivity index (χ1v) is 7.30. The lowest BCUT2D eigenvalue weighted by Crippen LogP contribution is -2.24. The molecule has 6 heteroatoms. The van der Waals surface area contributed by atoms with Crippen molar-refractivity contribution in [2.24, 2.45) is 5.10 Å². The topological polar surface area (TPSA) is 73.8 Å². The Hall–Kier alpha value is -2.53. The van der Waals surface area contributed by atoms with Gasteiger partial charge < -0.3 is 14.6 Å². The average Bonchev–Trinajstić information content (AvgIpc) is 2.52. The van der Waals surface area contributed by atoms with Crippen LogP contribution in [0.15, 0.2) is 47.6 Å². The molecule has 0 bridgehead atoms. The second-order valence-corrected chi connectivity index (χ2v) is 5.33. The number of carbonyl (C=O) groups is 1. The van der Waals surface area contributed by atoms with Crippen molar-refractivity contribution in [2.45, 2.75) is 13.3 Å². The molecule has 23 heavy (non-hydrogen) atoms. The van der Waals surface area contributed by atoms with Gasteiger partial charge in [-0.05, 0) is 48.9 Å². The Kier molecular flexibility index (Phi) is 5.60. The molecule has 0 fully saturated rings. The molecule has 0 amide bonds. The fraction of sp³-hybridized carbons (Fsp3) is 0.176. The molecule has 0 spiro atoms.